The molecule has 0 aliphatic heterocycles. The van der Waals surface area contributed by atoms with Crippen LogP contribution in [-0.4, -0.2) is 18.2 Å². The molecule has 0 atom stereocenters. The second-order valence-electron chi connectivity index (χ2n) is 3.87. The zero-order valence-corrected chi connectivity index (χ0v) is 11.9. The third-order valence-electron chi connectivity index (χ3n) is 2.48. The van der Waals surface area contributed by atoms with Crippen molar-refractivity contribution >= 4 is 29.2 Å². The fourth-order valence-corrected chi connectivity index (χ4v) is 2.11. The Morgan fingerprint density at radius 2 is 1.70 bits per heavy atom. The monoisotopic (exact) mass is 312 g/mol. The van der Waals surface area contributed by atoms with Crippen LogP contribution in [0.2, 0.25) is 10.0 Å². The van der Waals surface area contributed by atoms with Gasteiger partial charge in [-0.15, -0.1) is 0 Å². The van der Waals surface area contributed by atoms with Gasteiger partial charge in [-0.25, -0.2) is 4.79 Å². The minimum atomic E-state index is -1.10. The molecule has 0 saturated carbocycles. The summed E-state index contributed by atoms with van der Waals surface area (Å²) in [5.74, 6) is -0.123. The van der Waals surface area contributed by atoms with Crippen molar-refractivity contribution in [3.05, 3.63) is 52.0 Å². The Balaban J connectivity index is 2.42. The van der Waals surface area contributed by atoms with E-state index >= 15 is 0 Å². The van der Waals surface area contributed by atoms with E-state index in [-0.39, 0.29) is 11.3 Å². The number of halogens is 2. The quantitative estimate of drug-likeness (QED) is 0.903. The zero-order chi connectivity index (χ0) is 14.7. The molecule has 6 heteroatoms. The van der Waals surface area contributed by atoms with E-state index in [2.05, 4.69) is 0 Å². The van der Waals surface area contributed by atoms with Crippen LogP contribution in [0.25, 0.3) is 0 Å². The van der Waals surface area contributed by atoms with Crippen molar-refractivity contribution in [1.29, 1.82) is 0 Å². The van der Waals surface area contributed by atoms with E-state index < -0.39 is 5.97 Å². The highest BCUT2D eigenvalue weighted by Gasteiger charge is 2.14. The number of hydrogen-bond acceptors (Lipinski definition) is 3. The van der Waals surface area contributed by atoms with Gasteiger partial charge >= 0.3 is 5.97 Å². The molecule has 0 aromatic heterocycles. The van der Waals surface area contributed by atoms with Gasteiger partial charge in [-0.05, 0) is 30.3 Å². The van der Waals surface area contributed by atoms with E-state index in [0.717, 1.165) is 0 Å². The highest BCUT2D eigenvalue weighted by Crippen LogP contribution is 2.32. The first-order chi connectivity index (χ1) is 9.49. The summed E-state index contributed by atoms with van der Waals surface area (Å²) < 4.78 is 10.6. The molecule has 4 nitrogen and oxygen atoms in total. The maximum atomic E-state index is 11.2. The Kier molecular flexibility index (Phi) is 4.37. The molecule has 0 aliphatic carbocycles. The molecule has 0 saturated heterocycles. The predicted octanol–water partition coefficient (Wildman–Crippen LogP) is 4.49. The fourth-order valence-electron chi connectivity index (χ4n) is 1.61. The molecular formula is C14H10Cl2O4. The summed E-state index contributed by atoms with van der Waals surface area (Å²) in [4.78, 5) is 11.2. The largest absolute Gasteiger partial charge is 0.497 e. The van der Waals surface area contributed by atoms with Crippen LogP contribution >= 0.6 is 23.2 Å². The summed E-state index contributed by atoms with van der Waals surface area (Å²) in [6.07, 6.45) is 0. The molecule has 104 valence electrons. The summed E-state index contributed by atoms with van der Waals surface area (Å²) in [6.45, 7) is 0. The average Bonchev–Trinajstić information content (AvgIpc) is 2.37. The molecule has 0 fully saturated rings. The molecule has 0 bridgehead atoms. The van der Waals surface area contributed by atoms with Crippen molar-refractivity contribution in [3.8, 4) is 17.2 Å². The van der Waals surface area contributed by atoms with Gasteiger partial charge in [0, 0.05) is 16.1 Å². The first kappa shape index (κ1) is 14.5. The van der Waals surface area contributed by atoms with Crippen molar-refractivity contribution in [1.82, 2.24) is 0 Å². The lowest BCUT2D eigenvalue weighted by atomic mass is 10.2. The van der Waals surface area contributed by atoms with E-state index in [1.807, 2.05) is 0 Å². The number of carboxylic acids is 1. The first-order valence-corrected chi connectivity index (χ1v) is 6.30. The van der Waals surface area contributed by atoms with Crippen LogP contribution in [0, 0.1) is 0 Å². The van der Waals surface area contributed by atoms with Crippen molar-refractivity contribution in [3.63, 3.8) is 0 Å². The van der Waals surface area contributed by atoms with Crippen molar-refractivity contribution < 1.29 is 19.4 Å². The average molecular weight is 313 g/mol. The third kappa shape index (κ3) is 3.35. The number of aromatic carboxylic acids is 1. The van der Waals surface area contributed by atoms with Crippen molar-refractivity contribution in [2.24, 2.45) is 0 Å². The van der Waals surface area contributed by atoms with Gasteiger partial charge in [-0.2, -0.15) is 0 Å². The van der Waals surface area contributed by atoms with E-state index in [1.54, 1.807) is 24.3 Å². The maximum absolute atomic E-state index is 11.2. The Labute approximate surface area is 125 Å². The van der Waals surface area contributed by atoms with E-state index in [4.69, 9.17) is 37.8 Å². The Morgan fingerprint density at radius 3 is 2.25 bits per heavy atom. The number of carboxylic acid groups (broad SMARTS) is 1. The lowest BCUT2D eigenvalue weighted by Crippen LogP contribution is -2.00. The van der Waals surface area contributed by atoms with Crippen LogP contribution < -0.4 is 9.47 Å². The second-order valence-corrected chi connectivity index (χ2v) is 4.75. The van der Waals surface area contributed by atoms with E-state index in [9.17, 15) is 4.79 Å². The standard InChI is InChI=1S/C14H10Cl2O4/c1-19-10-2-3-12(14(17)18)13(7-10)20-11-5-8(15)4-9(16)6-11/h2-7H,1H3,(H,17,18). The zero-order valence-electron chi connectivity index (χ0n) is 10.4. The minimum Gasteiger partial charge on any atom is -0.497 e. The molecular weight excluding hydrogens is 303 g/mol. The van der Waals surface area contributed by atoms with Crippen molar-refractivity contribution in [2.45, 2.75) is 0 Å². The summed E-state index contributed by atoms with van der Waals surface area (Å²) >= 11 is 11.7. The van der Waals surface area contributed by atoms with Crippen LogP contribution in [0.3, 0.4) is 0 Å². The Bertz CT molecular complexity index is 635. The predicted molar refractivity (Wildman–Crippen MR) is 76.5 cm³/mol. The number of hydrogen-bond donors (Lipinski definition) is 1. The Hall–Kier alpha value is -1.91. The van der Waals surface area contributed by atoms with Gasteiger partial charge in [-0.1, -0.05) is 23.2 Å². The molecule has 2 rings (SSSR count). The molecule has 0 aliphatic rings. The number of carbonyl (C=O) groups is 1. The summed E-state index contributed by atoms with van der Waals surface area (Å²) in [7, 11) is 1.48. The summed E-state index contributed by atoms with van der Waals surface area (Å²) in [6, 6.07) is 9.07. The first-order valence-electron chi connectivity index (χ1n) is 5.55. The van der Waals surface area contributed by atoms with E-state index in [1.165, 1.54) is 19.2 Å². The van der Waals surface area contributed by atoms with Crippen LogP contribution in [0.15, 0.2) is 36.4 Å². The topological polar surface area (TPSA) is 55.8 Å². The van der Waals surface area contributed by atoms with Gasteiger partial charge in [-0.3, -0.25) is 0 Å². The van der Waals surface area contributed by atoms with Gasteiger partial charge in [0.15, 0.2) is 0 Å². The number of ether oxygens (including phenoxy) is 2. The molecule has 0 unspecified atom stereocenters. The molecule has 0 heterocycles. The van der Waals surface area contributed by atoms with Crippen LogP contribution in [-0.2, 0) is 0 Å². The van der Waals surface area contributed by atoms with Crippen molar-refractivity contribution in [2.75, 3.05) is 7.11 Å². The van der Waals surface area contributed by atoms with Crippen LogP contribution in [0.5, 0.6) is 17.2 Å². The lowest BCUT2D eigenvalue weighted by Gasteiger charge is -2.11. The normalized spacial score (nSPS) is 10.2. The van der Waals surface area contributed by atoms with Gasteiger partial charge < -0.3 is 14.6 Å². The minimum absolute atomic E-state index is 0.0156. The molecule has 2 aromatic carbocycles. The molecule has 20 heavy (non-hydrogen) atoms. The lowest BCUT2D eigenvalue weighted by molar-refractivity contribution is 0.0694. The Morgan fingerprint density at radius 1 is 1.05 bits per heavy atom. The number of benzene rings is 2. The van der Waals surface area contributed by atoms with Gasteiger partial charge in [0.2, 0.25) is 0 Å². The van der Waals surface area contributed by atoms with Gasteiger partial charge in [0.1, 0.15) is 22.8 Å². The highest BCUT2D eigenvalue weighted by atomic mass is 35.5. The number of methoxy groups -OCH3 is 1. The molecule has 2 aromatic rings. The molecule has 0 spiro atoms. The second kappa shape index (κ2) is 6.03. The number of rotatable bonds is 4. The summed E-state index contributed by atoms with van der Waals surface area (Å²) in [5.41, 5.74) is 0.0156. The molecule has 1 N–H and O–H groups in total. The van der Waals surface area contributed by atoms with Crippen LogP contribution in [0.1, 0.15) is 10.4 Å². The molecule has 0 amide bonds. The third-order valence-corrected chi connectivity index (χ3v) is 2.92. The van der Waals surface area contributed by atoms with E-state index in [0.29, 0.717) is 21.5 Å². The highest BCUT2D eigenvalue weighted by molar-refractivity contribution is 6.34. The summed E-state index contributed by atoms with van der Waals surface area (Å²) in [5, 5.41) is 9.93. The van der Waals surface area contributed by atoms with Gasteiger partial charge in [0.05, 0.1) is 7.11 Å². The maximum Gasteiger partial charge on any atom is 0.339 e. The van der Waals surface area contributed by atoms with Crippen LogP contribution in [0.4, 0.5) is 0 Å². The smallest absolute Gasteiger partial charge is 0.339 e. The fraction of sp³-hybridized carbons (Fsp3) is 0.0714. The van der Waals surface area contributed by atoms with Gasteiger partial charge in [0.25, 0.3) is 0 Å². The SMILES string of the molecule is COc1ccc(C(=O)O)c(Oc2cc(Cl)cc(Cl)c2)c1. The molecule has 0 radical (unpaired) electrons.